The van der Waals surface area contributed by atoms with Gasteiger partial charge in [0.2, 0.25) is 0 Å². The van der Waals surface area contributed by atoms with Gasteiger partial charge in [-0.05, 0) is 23.8 Å². The molecule has 0 aliphatic heterocycles. The van der Waals surface area contributed by atoms with Gasteiger partial charge in [-0.15, -0.1) is 0 Å². The number of carbonyl (C=O) groups excluding carboxylic acids is 1. The number of imidazole rings is 1. The summed E-state index contributed by atoms with van der Waals surface area (Å²) in [4.78, 5) is 15.2. The number of esters is 1. The highest BCUT2D eigenvalue weighted by molar-refractivity contribution is 5.86. The number of benzene rings is 1. The zero-order valence-corrected chi connectivity index (χ0v) is 11.4. The van der Waals surface area contributed by atoms with E-state index in [0.717, 1.165) is 17.0 Å². The summed E-state index contributed by atoms with van der Waals surface area (Å²) in [6, 6.07) is 7.81. The monoisotopic (exact) mass is 272 g/mol. The molecule has 0 radical (unpaired) electrons. The molecule has 0 aliphatic rings. The Kier molecular flexibility index (Phi) is 4.55. The topological polar surface area (TPSA) is 53.3 Å². The number of hydrogen-bond donors (Lipinski definition) is 0. The van der Waals surface area contributed by atoms with Crippen LogP contribution < -0.4 is 4.74 Å². The largest absolute Gasteiger partial charge is 0.497 e. The lowest BCUT2D eigenvalue weighted by Crippen LogP contribution is -2.01. The number of methoxy groups -OCH3 is 2. The molecule has 1 aromatic carbocycles. The van der Waals surface area contributed by atoms with Crippen LogP contribution in [0.15, 0.2) is 42.9 Å². The molecule has 5 nitrogen and oxygen atoms in total. The smallest absolute Gasteiger partial charge is 0.330 e. The zero-order valence-electron chi connectivity index (χ0n) is 11.4. The van der Waals surface area contributed by atoms with Gasteiger partial charge in [-0.2, -0.15) is 0 Å². The maximum atomic E-state index is 11.1. The Balaban J connectivity index is 2.11. The number of rotatable bonds is 5. The van der Waals surface area contributed by atoms with E-state index in [9.17, 15) is 4.79 Å². The zero-order chi connectivity index (χ0) is 14.4. The van der Waals surface area contributed by atoms with E-state index in [1.54, 1.807) is 25.7 Å². The van der Waals surface area contributed by atoms with E-state index in [0.29, 0.717) is 6.54 Å². The number of nitrogens with zero attached hydrogens (tertiary/aromatic N) is 2. The fourth-order valence-electron chi connectivity index (χ4n) is 1.75. The minimum Gasteiger partial charge on any atom is -0.497 e. The first-order valence-electron chi connectivity index (χ1n) is 6.12. The summed E-state index contributed by atoms with van der Waals surface area (Å²) < 4.78 is 11.6. The molecule has 5 heteroatoms. The van der Waals surface area contributed by atoms with Crippen LogP contribution in [0, 0.1) is 0 Å². The van der Waals surface area contributed by atoms with Crippen LogP contribution in [-0.4, -0.2) is 29.7 Å². The number of ether oxygens (including phenoxy) is 2. The van der Waals surface area contributed by atoms with Crippen molar-refractivity contribution >= 4 is 12.0 Å². The predicted molar refractivity (Wildman–Crippen MR) is 75.4 cm³/mol. The van der Waals surface area contributed by atoms with E-state index < -0.39 is 0 Å². The lowest BCUT2D eigenvalue weighted by atomic mass is 10.2. The van der Waals surface area contributed by atoms with Crippen molar-refractivity contribution in [2.75, 3.05) is 14.2 Å². The van der Waals surface area contributed by atoms with Gasteiger partial charge in [-0.3, -0.25) is 0 Å². The Morgan fingerprint density at radius 3 is 2.70 bits per heavy atom. The molecule has 0 bridgehead atoms. The summed E-state index contributed by atoms with van der Waals surface area (Å²) in [5.74, 6) is 0.437. The molecule has 0 unspecified atom stereocenters. The summed E-state index contributed by atoms with van der Waals surface area (Å²) in [5.41, 5.74) is 1.96. The van der Waals surface area contributed by atoms with Gasteiger partial charge in [0, 0.05) is 12.6 Å². The van der Waals surface area contributed by atoms with Gasteiger partial charge in [-0.25, -0.2) is 9.78 Å². The molecule has 0 spiro atoms. The average molecular weight is 272 g/mol. The van der Waals surface area contributed by atoms with E-state index in [1.165, 1.54) is 13.2 Å². The van der Waals surface area contributed by atoms with Gasteiger partial charge < -0.3 is 14.0 Å². The molecule has 0 saturated heterocycles. The second-order valence-corrected chi connectivity index (χ2v) is 4.15. The minimum atomic E-state index is -0.387. The van der Waals surface area contributed by atoms with E-state index >= 15 is 0 Å². The lowest BCUT2D eigenvalue weighted by Gasteiger charge is -2.06. The first-order valence-corrected chi connectivity index (χ1v) is 6.12. The molecule has 20 heavy (non-hydrogen) atoms. The first kappa shape index (κ1) is 13.9. The Hall–Kier alpha value is -2.56. The third-order valence-corrected chi connectivity index (χ3v) is 2.85. The van der Waals surface area contributed by atoms with Crippen molar-refractivity contribution in [1.29, 1.82) is 0 Å². The summed E-state index contributed by atoms with van der Waals surface area (Å²) in [6.45, 7) is 0.671. The van der Waals surface area contributed by atoms with Crippen molar-refractivity contribution in [1.82, 2.24) is 9.55 Å². The summed E-state index contributed by atoms with van der Waals surface area (Å²) in [5, 5.41) is 0. The third-order valence-electron chi connectivity index (χ3n) is 2.85. The number of hydrogen-bond acceptors (Lipinski definition) is 4. The van der Waals surface area contributed by atoms with Crippen LogP contribution in [0.25, 0.3) is 6.08 Å². The molecule has 0 fully saturated rings. The molecule has 0 N–H and O–H groups in total. The van der Waals surface area contributed by atoms with Gasteiger partial charge >= 0.3 is 5.97 Å². The summed E-state index contributed by atoms with van der Waals surface area (Å²) in [6.07, 6.45) is 6.48. The molecule has 1 aromatic heterocycles. The van der Waals surface area contributed by atoms with E-state index in [2.05, 4.69) is 9.72 Å². The van der Waals surface area contributed by atoms with Crippen LogP contribution in [0.1, 0.15) is 11.3 Å². The molecular weight excluding hydrogens is 256 g/mol. The van der Waals surface area contributed by atoms with Crippen LogP contribution in [0.5, 0.6) is 5.75 Å². The highest BCUT2D eigenvalue weighted by atomic mass is 16.5. The molecule has 2 aromatic rings. The molecule has 0 aliphatic carbocycles. The second kappa shape index (κ2) is 6.56. The normalized spacial score (nSPS) is 10.7. The maximum absolute atomic E-state index is 11.1. The summed E-state index contributed by atoms with van der Waals surface area (Å²) in [7, 11) is 2.99. The Bertz CT molecular complexity index is 600. The molecule has 104 valence electrons. The molecule has 0 atom stereocenters. The Labute approximate surface area is 117 Å². The first-order chi connectivity index (χ1) is 9.72. The maximum Gasteiger partial charge on any atom is 0.330 e. The third kappa shape index (κ3) is 3.47. The van der Waals surface area contributed by atoms with Crippen molar-refractivity contribution in [3.05, 3.63) is 54.1 Å². The minimum absolute atomic E-state index is 0.387. The highest BCUT2D eigenvalue weighted by Gasteiger charge is 2.02. The van der Waals surface area contributed by atoms with Gasteiger partial charge in [0.25, 0.3) is 0 Å². The molecule has 0 saturated carbocycles. The van der Waals surface area contributed by atoms with E-state index in [-0.39, 0.29) is 5.97 Å². The standard InChI is InChI=1S/C15H16N2O3/c1-19-14-6-3-12(4-7-14)10-17-11-16-9-13(17)5-8-15(18)20-2/h3-9,11H,10H2,1-2H3/b8-5+. The van der Waals surface area contributed by atoms with Crippen molar-refractivity contribution in [2.24, 2.45) is 0 Å². The lowest BCUT2D eigenvalue weighted by molar-refractivity contribution is -0.134. The van der Waals surface area contributed by atoms with Crippen molar-refractivity contribution in [2.45, 2.75) is 6.54 Å². The van der Waals surface area contributed by atoms with Gasteiger partial charge in [0.15, 0.2) is 0 Å². The van der Waals surface area contributed by atoms with Crippen LogP contribution in [0.4, 0.5) is 0 Å². The molecule has 2 rings (SSSR count). The van der Waals surface area contributed by atoms with E-state index in [1.807, 2.05) is 28.8 Å². The SMILES string of the molecule is COC(=O)/C=C/c1cncn1Cc1ccc(OC)cc1. The van der Waals surface area contributed by atoms with Crippen LogP contribution in [-0.2, 0) is 16.1 Å². The highest BCUT2D eigenvalue weighted by Crippen LogP contribution is 2.13. The molecule has 1 heterocycles. The van der Waals surface area contributed by atoms with Gasteiger partial charge in [-0.1, -0.05) is 12.1 Å². The van der Waals surface area contributed by atoms with Crippen molar-refractivity contribution < 1.29 is 14.3 Å². The van der Waals surface area contributed by atoms with E-state index in [4.69, 9.17) is 4.74 Å². The molecular formula is C15H16N2O3. The van der Waals surface area contributed by atoms with Gasteiger partial charge in [0.05, 0.1) is 32.4 Å². The van der Waals surface area contributed by atoms with Crippen LogP contribution in [0.3, 0.4) is 0 Å². The van der Waals surface area contributed by atoms with Crippen LogP contribution >= 0.6 is 0 Å². The fraction of sp³-hybridized carbons (Fsp3) is 0.200. The summed E-state index contributed by atoms with van der Waals surface area (Å²) >= 11 is 0. The quantitative estimate of drug-likeness (QED) is 0.618. The van der Waals surface area contributed by atoms with Gasteiger partial charge in [0.1, 0.15) is 5.75 Å². The van der Waals surface area contributed by atoms with Crippen molar-refractivity contribution in [3.8, 4) is 5.75 Å². The average Bonchev–Trinajstić information content (AvgIpc) is 2.92. The number of aromatic nitrogens is 2. The molecule has 0 amide bonds. The fourth-order valence-corrected chi connectivity index (χ4v) is 1.75. The predicted octanol–water partition coefficient (Wildman–Crippen LogP) is 2.13. The van der Waals surface area contributed by atoms with Crippen LogP contribution in [0.2, 0.25) is 0 Å². The van der Waals surface area contributed by atoms with Crippen molar-refractivity contribution in [3.63, 3.8) is 0 Å². The second-order valence-electron chi connectivity index (χ2n) is 4.15. The Morgan fingerprint density at radius 2 is 2.05 bits per heavy atom. The number of carbonyl (C=O) groups is 1. The Morgan fingerprint density at radius 1 is 1.30 bits per heavy atom.